The number of hydrogen-bond acceptors (Lipinski definition) is 7. The van der Waals surface area contributed by atoms with E-state index in [0.717, 1.165) is 17.5 Å². The number of carbonyl (C=O) groups is 1. The molecule has 3 aromatic rings. The number of para-hydroxylation sites is 1. The van der Waals surface area contributed by atoms with Crippen molar-refractivity contribution in [3.8, 4) is 17.2 Å². The van der Waals surface area contributed by atoms with Gasteiger partial charge in [0.05, 0.1) is 17.8 Å². The third kappa shape index (κ3) is 5.05. The Balaban J connectivity index is 1.50. The Morgan fingerprint density at radius 3 is 2.74 bits per heavy atom. The highest BCUT2D eigenvalue weighted by Crippen LogP contribution is 2.21. The molecular weight excluding hydrogens is 372 g/mol. The van der Waals surface area contributed by atoms with E-state index in [4.69, 9.17) is 25.6 Å². The summed E-state index contributed by atoms with van der Waals surface area (Å²) in [5.41, 5.74) is 1.23. The van der Waals surface area contributed by atoms with Gasteiger partial charge in [-0.25, -0.2) is 0 Å². The average Bonchev–Trinajstić information content (AvgIpc) is 3.16. The number of hydrogen-bond donors (Lipinski definition) is 1. The third-order valence-electron chi connectivity index (χ3n) is 3.37. The van der Waals surface area contributed by atoms with Gasteiger partial charge in [-0.3, -0.25) is 4.79 Å². The van der Waals surface area contributed by atoms with Crippen LogP contribution in [0.5, 0.6) is 5.75 Å². The van der Waals surface area contributed by atoms with Crippen molar-refractivity contribution in [2.24, 2.45) is 5.16 Å². The number of carbonyl (C=O) groups excluding carboxylic acids is 1. The maximum atomic E-state index is 11.8. The summed E-state index contributed by atoms with van der Waals surface area (Å²) >= 11 is 5.95. The number of aromatic nitrogens is 2. The molecular formula is C18H15ClN4O4. The van der Waals surface area contributed by atoms with Gasteiger partial charge >= 0.3 is 0 Å². The Morgan fingerprint density at radius 2 is 2.00 bits per heavy atom. The molecule has 9 heteroatoms. The number of amides is 1. The number of halogens is 1. The lowest BCUT2D eigenvalue weighted by atomic mass is 10.2. The average molecular weight is 387 g/mol. The second kappa shape index (κ2) is 8.81. The molecule has 0 aliphatic carbocycles. The van der Waals surface area contributed by atoms with Crippen LogP contribution in [0.4, 0.5) is 5.69 Å². The zero-order valence-corrected chi connectivity index (χ0v) is 15.0. The van der Waals surface area contributed by atoms with Crippen molar-refractivity contribution in [3.63, 3.8) is 0 Å². The predicted molar refractivity (Wildman–Crippen MR) is 99.6 cm³/mol. The van der Waals surface area contributed by atoms with Gasteiger partial charge in [-0.2, -0.15) is 0 Å². The van der Waals surface area contributed by atoms with Crippen LogP contribution in [-0.4, -0.2) is 29.4 Å². The fourth-order valence-electron chi connectivity index (χ4n) is 2.07. The number of oxime groups is 1. The van der Waals surface area contributed by atoms with E-state index in [0.29, 0.717) is 16.6 Å². The molecule has 0 aliphatic heterocycles. The predicted octanol–water partition coefficient (Wildman–Crippen LogP) is 3.54. The Bertz CT molecular complexity index is 941. The van der Waals surface area contributed by atoms with Crippen LogP contribution in [0.1, 0.15) is 5.89 Å². The number of nitrogens with one attached hydrogen (secondary N) is 1. The fraction of sp³-hybridized carbons (Fsp3) is 0.111. The summed E-state index contributed by atoms with van der Waals surface area (Å²) in [4.78, 5) is 16.8. The van der Waals surface area contributed by atoms with Gasteiger partial charge in [0.1, 0.15) is 12.0 Å². The minimum absolute atomic E-state index is 0.0704. The molecule has 1 N–H and O–H groups in total. The van der Waals surface area contributed by atoms with Crippen molar-refractivity contribution in [2.75, 3.05) is 12.4 Å². The zero-order chi connectivity index (χ0) is 19.1. The molecule has 0 saturated carbocycles. The minimum atomic E-state index is -0.479. The monoisotopic (exact) mass is 386 g/mol. The molecule has 8 nitrogen and oxygen atoms in total. The van der Waals surface area contributed by atoms with Gasteiger partial charge in [0.25, 0.3) is 11.8 Å². The first-order valence-corrected chi connectivity index (χ1v) is 8.21. The standard InChI is InChI=1S/C18H15ClN4O4/c1-25-13-8-6-12(7-9-13)18-23-22-17(27-18)11-26-20-10-16(24)21-15-5-3-2-4-14(15)19/h2-10H,11H2,1H3,(H,21,24)/b20-10+. The van der Waals surface area contributed by atoms with Crippen LogP contribution >= 0.6 is 11.6 Å². The van der Waals surface area contributed by atoms with E-state index in [2.05, 4.69) is 20.7 Å². The fourth-order valence-corrected chi connectivity index (χ4v) is 2.25. The topological polar surface area (TPSA) is 98.8 Å². The van der Waals surface area contributed by atoms with Crippen LogP contribution in [0.3, 0.4) is 0 Å². The lowest BCUT2D eigenvalue weighted by molar-refractivity contribution is -0.110. The summed E-state index contributed by atoms with van der Waals surface area (Å²) in [7, 11) is 1.59. The molecule has 0 unspecified atom stereocenters. The number of anilines is 1. The summed E-state index contributed by atoms with van der Waals surface area (Å²) in [6, 6.07) is 14.0. The smallest absolute Gasteiger partial charge is 0.270 e. The van der Waals surface area contributed by atoms with E-state index < -0.39 is 5.91 Å². The number of nitrogens with zero attached hydrogens (tertiary/aromatic N) is 3. The van der Waals surface area contributed by atoms with Crippen molar-refractivity contribution in [3.05, 3.63) is 59.4 Å². The van der Waals surface area contributed by atoms with Gasteiger partial charge < -0.3 is 19.3 Å². The van der Waals surface area contributed by atoms with Gasteiger partial charge in [0.15, 0.2) is 6.61 Å². The molecule has 138 valence electrons. The highest BCUT2D eigenvalue weighted by molar-refractivity contribution is 6.36. The largest absolute Gasteiger partial charge is 0.497 e. The summed E-state index contributed by atoms with van der Waals surface area (Å²) in [6.07, 6.45) is 0.990. The summed E-state index contributed by atoms with van der Waals surface area (Å²) in [5, 5.41) is 14.4. The van der Waals surface area contributed by atoms with E-state index >= 15 is 0 Å². The quantitative estimate of drug-likeness (QED) is 0.492. The molecule has 27 heavy (non-hydrogen) atoms. The first-order valence-electron chi connectivity index (χ1n) is 7.83. The van der Waals surface area contributed by atoms with Gasteiger partial charge in [0.2, 0.25) is 5.89 Å². The van der Waals surface area contributed by atoms with Crippen LogP contribution in [0, 0.1) is 0 Å². The Kier molecular flexibility index (Phi) is 6.01. The second-order valence-corrected chi connectivity index (χ2v) is 5.61. The second-order valence-electron chi connectivity index (χ2n) is 5.21. The molecule has 0 saturated heterocycles. The SMILES string of the molecule is COc1ccc(-c2nnc(CO/N=C/C(=O)Nc3ccccc3Cl)o2)cc1. The number of methoxy groups -OCH3 is 1. The van der Waals surface area contributed by atoms with E-state index in [-0.39, 0.29) is 12.5 Å². The van der Waals surface area contributed by atoms with Crippen LogP contribution in [0.15, 0.2) is 58.1 Å². The van der Waals surface area contributed by atoms with Crippen molar-refractivity contribution >= 4 is 29.4 Å². The van der Waals surface area contributed by atoms with E-state index in [9.17, 15) is 4.79 Å². The van der Waals surface area contributed by atoms with Gasteiger partial charge in [-0.1, -0.05) is 28.9 Å². The summed E-state index contributed by atoms with van der Waals surface area (Å²) < 4.78 is 10.6. The maximum Gasteiger partial charge on any atom is 0.270 e. The normalized spacial score (nSPS) is 10.7. The molecule has 0 aliphatic rings. The van der Waals surface area contributed by atoms with Gasteiger partial charge in [0, 0.05) is 5.56 Å². The Hall–Kier alpha value is -3.39. The van der Waals surface area contributed by atoms with E-state index in [1.54, 1.807) is 55.6 Å². The molecule has 1 amide bonds. The first kappa shape index (κ1) is 18.4. The molecule has 0 fully saturated rings. The third-order valence-corrected chi connectivity index (χ3v) is 3.70. The van der Waals surface area contributed by atoms with Crippen molar-refractivity contribution < 1.29 is 18.8 Å². The lowest BCUT2D eigenvalue weighted by Gasteiger charge is -2.03. The van der Waals surface area contributed by atoms with E-state index in [1.807, 2.05) is 0 Å². The molecule has 1 heterocycles. The van der Waals surface area contributed by atoms with Crippen molar-refractivity contribution in [2.45, 2.75) is 6.61 Å². The molecule has 1 aromatic heterocycles. The minimum Gasteiger partial charge on any atom is -0.497 e. The molecule has 0 radical (unpaired) electrons. The molecule has 2 aromatic carbocycles. The van der Waals surface area contributed by atoms with Gasteiger partial charge in [-0.15, -0.1) is 10.2 Å². The Morgan fingerprint density at radius 1 is 1.22 bits per heavy atom. The van der Waals surface area contributed by atoms with Gasteiger partial charge in [-0.05, 0) is 36.4 Å². The Labute approximate surface area is 159 Å². The van der Waals surface area contributed by atoms with Crippen LogP contribution in [0.2, 0.25) is 5.02 Å². The lowest BCUT2D eigenvalue weighted by Crippen LogP contribution is -2.13. The molecule has 0 bridgehead atoms. The summed E-state index contributed by atoms with van der Waals surface area (Å²) in [6.45, 7) is -0.0704. The maximum absolute atomic E-state index is 11.8. The first-order chi connectivity index (χ1) is 13.2. The van der Waals surface area contributed by atoms with Crippen molar-refractivity contribution in [1.82, 2.24) is 10.2 Å². The summed E-state index contributed by atoms with van der Waals surface area (Å²) in [5.74, 6) is 0.819. The number of benzene rings is 2. The zero-order valence-electron chi connectivity index (χ0n) is 14.3. The highest BCUT2D eigenvalue weighted by Gasteiger charge is 2.09. The van der Waals surface area contributed by atoms with E-state index in [1.165, 1.54) is 0 Å². The van der Waals surface area contributed by atoms with Crippen molar-refractivity contribution in [1.29, 1.82) is 0 Å². The highest BCUT2D eigenvalue weighted by atomic mass is 35.5. The van der Waals surface area contributed by atoms with Crippen LogP contribution in [-0.2, 0) is 16.2 Å². The molecule has 0 atom stereocenters. The molecule has 3 rings (SSSR count). The molecule has 0 spiro atoms. The van der Waals surface area contributed by atoms with Crippen LogP contribution < -0.4 is 10.1 Å². The number of rotatable bonds is 7. The van der Waals surface area contributed by atoms with Crippen LogP contribution in [0.25, 0.3) is 11.5 Å². The number of ether oxygens (including phenoxy) is 1.